The van der Waals surface area contributed by atoms with Gasteiger partial charge in [-0.25, -0.2) is 0 Å². The molecule has 0 aliphatic rings. The molecule has 72 valence electrons. The van der Waals surface area contributed by atoms with E-state index in [2.05, 4.69) is 0 Å². The van der Waals surface area contributed by atoms with Gasteiger partial charge in [-0.1, -0.05) is 12.1 Å². The average molecular weight is 191 g/mol. The SMILES string of the molecule is COc1cccc(CC(=O)O)c1C#N. The molecule has 14 heavy (non-hydrogen) atoms. The first-order valence-corrected chi connectivity index (χ1v) is 3.96. The summed E-state index contributed by atoms with van der Waals surface area (Å²) in [6, 6.07) is 6.83. The lowest BCUT2D eigenvalue weighted by Crippen LogP contribution is -2.03. The minimum Gasteiger partial charge on any atom is -0.495 e. The molecule has 0 aliphatic carbocycles. The van der Waals surface area contributed by atoms with E-state index in [9.17, 15) is 4.79 Å². The number of aliphatic carboxylic acids is 1. The van der Waals surface area contributed by atoms with Crippen molar-refractivity contribution in [2.75, 3.05) is 7.11 Å². The predicted octanol–water partition coefficient (Wildman–Crippen LogP) is 1.19. The first kappa shape index (κ1) is 10.1. The van der Waals surface area contributed by atoms with Gasteiger partial charge in [0.25, 0.3) is 0 Å². The molecule has 0 fully saturated rings. The van der Waals surface area contributed by atoms with E-state index in [-0.39, 0.29) is 12.0 Å². The minimum absolute atomic E-state index is 0.167. The van der Waals surface area contributed by atoms with Gasteiger partial charge in [0.05, 0.1) is 19.1 Å². The summed E-state index contributed by atoms with van der Waals surface area (Å²) >= 11 is 0. The molecule has 0 amide bonds. The molecule has 1 N–H and O–H groups in total. The topological polar surface area (TPSA) is 70.3 Å². The molecular weight excluding hydrogens is 182 g/mol. The summed E-state index contributed by atoms with van der Waals surface area (Å²) in [7, 11) is 1.45. The first-order valence-electron chi connectivity index (χ1n) is 3.96. The fourth-order valence-corrected chi connectivity index (χ4v) is 1.18. The first-order chi connectivity index (χ1) is 6.69. The Labute approximate surface area is 81.4 Å². The Bertz CT molecular complexity index is 393. The van der Waals surface area contributed by atoms with Crippen molar-refractivity contribution < 1.29 is 14.6 Å². The van der Waals surface area contributed by atoms with E-state index >= 15 is 0 Å². The normalized spacial score (nSPS) is 9.14. The van der Waals surface area contributed by atoms with Gasteiger partial charge in [-0.05, 0) is 11.6 Å². The number of rotatable bonds is 3. The maximum Gasteiger partial charge on any atom is 0.307 e. The predicted molar refractivity (Wildman–Crippen MR) is 49.0 cm³/mol. The molecular formula is C10H9NO3. The van der Waals surface area contributed by atoms with Gasteiger partial charge in [0.2, 0.25) is 0 Å². The summed E-state index contributed by atoms with van der Waals surface area (Å²) < 4.78 is 4.94. The number of benzene rings is 1. The molecule has 0 radical (unpaired) electrons. The van der Waals surface area contributed by atoms with Crippen LogP contribution in [0.5, 0.6) is 5.75 Å². The largest absolute Gasteiger partial charge is 0.495 e. The van der Waals surface area contributed by atoms with Gasteiger partial charge in [-0.15, -0.1) is 0 Å². The van der Waals surface area contributed by atoms with E-state index in [1.54, 1.807) is 18.2 Å². The second-order valence-corrected chi connectivity index (χ2v) is 2.68. The monoisotopic (exact) mass is 191 g/mol. The molecule has 0 heterocycles. The van der Waals surface area contributed by atoms with Gasteiger partial charge < -0.3 is 9.84 Å². The molecule has 0 spiro atoms. The van der Waals surface area contributed by atoms with Gasteiger partial charge in [-0.2, -0.15) is 5.26 Å². The Balaban J connectivity index is 3.17. The molecule has 0 aliphatic heterocycles. The van der Waals surface area contributed by atoms with Crippen LogP contribution in [0.25, 0.3) is 0 Å². The Morgan fingerprint density at radius 3 is 2.86 bits per heavy atom. The third-order valence-corrected chi connectivity index (χ3v) is 1.79. The molecule has 0 unspecified atom stereocenters. The highest BCUT2D eigenvalue weighted by Gasteiger charge is 2.10. The maximum atomic E-state index is 10.5. The summed E-state index contributed by atoms with van der Waals surface area (Å²) in [5.41, 5.74) is 0.761. The third kappa shape index (κ3) is 2.02. The van der Waals surface area contributed by atoms with Crippen molar-refractivity contribution in [3.63, 3.8) is 0 Å². The maximum absolute atomic E-state index is 10.5. The summed E-state index contributed by atoms with van der Waals surface area (Å²) in [6.45, 7) is 0. The van der Waals surface area contributed by atoms with Crippen molar-refractivity contribution in [1.82, 2.24) is 0 Å². The number of nitriles is 1. The number of carboxylic acid groups (broad SMARTS) is 1. The molecule has 0 atom stereocenters. The molecule has 0 bridgehead atoms. The van der Waals surface area contributed by atoms with Crippen LogP contribution in [-0.2, 0) is 11.2 Å². The average Bonchev–Trinajstić information content (AvgIpc) is 2.16. The Kier molecular flexibility index (Phi) is 3.08. The summed E-state index contributed by atoms with van der Waals surface area (Å²) in [5, 5.41) is 17.4. The van der Waals surface area contributed by atoms with Gasteiger partial charge in [0.1, 0.15) is 11.8 Å². The van der Waals surface area contributed by atoms with Crippen molar-refractivity contribution in [3.8, 4) is 11.8 Å². The van der Waals surface area contributed by atoms with Gasteiger partial charge in [0.15, 0.2) is 0 Å². The standard InChI is InChI=1S/C10H9NO3/c1-14-9-4-2-3-7(5-10(12)13)8(9)6-11/h2-4H,5H2,1H3,(H,12,13). The van der Waals surface area contributed by atoms with E-state index in [1.807, 2.05) is 6.07 Å². The highest BCUT2D eigenvalue weighted by atomic mass is 16.5. The van der Waals surface area contributed by atoms with Crippen molar-refractivity contribution in [2.45, 2.75) is 6.42 Å². The number of ether oxygens (including phenoxy) is 1. The highest BCUT2D eigenvalue weighted by Crippen LogP contribution is 2.21. The number of hydrogen-bond acceptors (Lipinski definition) is 3. The van der Waals surface area contributed by atoms with E-state index in [4.69, 9.17) is 15.1 Å². The van der Waals surface area contributed by atoms with Crippen LogP contribution in [0.3, 0.4) is 0 Å². The van der Waals surface area contributed by atoms with Crippen molar-refractivity contribution in [3.05, 3.63) is 29.3 Å². The van der Waals surface area contributed by atoms with Crippen molar-refractivity contribution in [2.24, 2.45) is 0 Å². The molecule has 1 aromatic rings. The van der Waals surface area contributed by atoms with Crippen LogP contribution in [-0.4, -0.2) is 18.2 Å². The number of carbonyl (C=O) groups is 1. The number of carboxylic acids is 1. The molecule has 4 heteroatoms. The molecule has 0 saturated heterocycles. The molecule has 0 aromatic heterocycles. The number of hydrogen-bond donors (Lipinski definition) is 1. The number of nitrogens with zero attached hydrogens (tertiary/aromatic N) is 1. The zero-order chi connectivity index (χ0) is 10.6. The highest BCUT2D eigenvalue weighted by molar-refractivity contribution is 5.72. The zero-order valence-electron chi connectivity index (χ0n) is 7.65. The summed E-state index contributed by atoms with van der Waals surface area (Å²) in [6.07, 6.45) is -0.167. The fourth-order valence-electron chi connectivity index (χ4n) is 1.18. The number of methoxy groups -OCH3 is 1. The lowest BCUT2D eigenvalue weighted by Gasteiger charge is -2.05. The zero-order valence-corrected chi connectivity index (χ0v) is 7.65. The van der Waals surface area contributed by atoms with Crippen molar-refractivity contribution in [1.29, 1.82) is 5.26 Å². The molecule has 1 rings (SSSR count). The second kappa shape index (κ2) is 4.28. The quantitative estimate of drug-likeness (QED) is 0.779. The van der Waals surface area contributed by atoms with Crippen LogP contribution >= 0.6 is 0 Å². The van der Waals surface area contributed by atoms with Crippen LogP contribution in [0.15, 0.2) is 18.2 Å². The smallest absolute Gasteiger partial charge is 0.307 e. The van der Waals surface area contributed by atoms with E-state index in [0.29, 0.717) is 11.3 Å². The van der Waals surface area contributed by atoms with E-state index < -0.39 is 5.97 Å². The summed E-state index contributed by atoms with van der Waals surface area (Å²) in [5.74, 6) is -0.555. The van der Waals surface area contributed by atoms with Crippen LogP contribution in [0.1, 0.15) is 11.1 Å². The van der Waals surface area contributed by atoms with E-state index in [0.717, 1.165) is 0 Å². The molecule has 4 nitrogen and oxygen atoms in total. The van der Waals surface area contributed by atoms with Crippen LogP contribution in [0.4, 0.5) is 0 Å². The molecule has 1 aromatic carbocycles. The Morgan fingerprint density at radius 1 is 1.64 bits per heavy atom. The van der Waals surface area contributed by atoms with Crippen molar-refractivity contribution >= 4 is 5.97 Å². The lowest BCUT2D eigenvalue weighted by atomic mass is 10.0. The minimum atomic E-state index is -0.963. The Morgan fingerprint density at radius 2 is 2.36 bits per heavy atom. The Hall–Kier alpha value is -2.02. The summed E-state index contributed by atoms with van der Waals surface area (Å²) in [4.78, 5) is 10.5. The van der Waals surface area contributed by atoms with Crippen LogP contribution < -0.4 is 4.74 Å². The van der Waals surface area contributed by atoms with Gasteiger partial charge >= 0.3 is 5.97 Å². The van der Waals surface area contributed by atoms with Gasteiger partial charge in [0, 0.05) is 0 Å². The van der Waals surface area contributed by atoms with Crippen LogP contribution in [0.2, 0.25) is 0 Å². The van der Waals surface area contributed by atoms with Crippen LogP contribution in [0, 0.1) is 11.3 Å². The third-order valence-electron chi connectivity index (χ3n) is 1.79. The fraction of sp³-hybridized carbons (Fsp3) is 0.200. The second-order valence-electron chi connectivity index (χ2n) is 2.68. The van der Waals surface area contributed by atoms with Gasteiger partial charge in [-0.3, -0.25) is 4.79 Å². The molecule has 0 saturated carbocycles. The van der Waals surface area contributed by atoms with E-state index in [1.165, 1.54) is 7.11 Å². The lowest BCUT2D eigenvalue weighted by molar-refractivity contribution is -0.136.